The van der Waals surface area contributed by atoms with Crippen LogP contribution < -0.4 is 0 Å². The van der Waals surface area contributed by atoms with E-state index in [4.69, 9.17) is 12.3 Å². The maximum Gasteiger partial charge on any atom is 0.460 e. The Kier molecular flexibility index (Phi) is 1.84. The van der Waals surface area contributed by atoms with Gasteiger partial charge in [0.1, 0.15) is 5.76 Å². The van der Waals surface area contributed by atoms with Crippen molar-refractivity contribution in [1.82, 2.24) is 0 Å². The summed E-state index contributed by atoms with van der Waals surface area (Å²) in [6, 6.07) is 0. The second-order valence-electron chi connectivity index (χ2n) is 3.29. The maximum atomic E-state index is 13.3. The van der Waals surface area contributed by atoms with Gasteiger partial charge in [0.05, 0.1) is 0 Å². The number of carbonyl (C=O) groups is 1. The fraction of sp³-hybridized carbons (Fsp3) is 0.700. The van der Waals surface area contributed by atoms with Gasteiger partial charge in [-0.25, -0.2) is 0 Å². The van der Waals surface area contributed by atoms with Gasteiger partial charge in [-0.3, -0.25) is 4.79 Å². The van der Waals surface area contributed by atoms with Gasteiger partial charge in [-0.2, -0.15) is 30.7 Å². The van der Waals surface area contributed by atoms with Crippen LogP contribution in [0.15, 0.2) is 11.8 Å². The number of hydrogen-bond donors (Lipinski definition) is 1. The minimum Gasteiger partial charge on any atom is -0.512 e. The fourth-order valence-corrected chi connectivity index (χ4v) is 0.656. The van der Waals surface area contributed by atoms with Crippen molar-refractivity contribution >= 4 is 5.78 Å². The number of rotatable bonds is 3. The first kappa shape index (κ1) is 7.49. The van der Waals surface area contributed by atoms with E-state index in [2.05, 4.69) is 0 Å². The van der Waals surface area contributed by atoms with Gasteiger partial charge in [-0.05, 0) is 0 Å². The molecule has 0 aliphatic rings. The maximum absolute atomic E-state index is 13.3. The number of alkyl halides is 7. The molecule has 0 unspecified atom stereocenters. The van der Waals surface area contributed by atoms with Gasteiger partial charge < -0.3 is 5.11 Å². The summed E-state index contributed by atoms with van der Waals surface area (Å²) in [5.74, 6) is -19.8. The topological polar surface area (TPSA) is 37.3 Å². The molecule has 0 saturated carbocycles. The van der Waals surface area contributed by atoms with Gasteiger partial charge in [-0.1, -0.05) is 20.6 Å². The molecule has 0 amide bonds. The molecule has 0 aromatic carbocycles. The minimum absolute atomic E-state index is 1.26. The third kappa shape index (κ3) is 3.38. The quantitative estimate of drug-likeness (QED) is 0.488. The van der Waals surface area contributed by atoms with E-state index in [1.807, 2.05) is 0 Å². The summed E-state index contributed by atoms with van der Waals surface area (Å²) in [6.07, 6.45) is -8.23. The summed E-state index contributed by atoms with van der Waals surface area (Å²) in [4.78, 5) is 11.3. The van der Waals surface area contributed by atoms with Crippen molar-refractivity contribution in [3.63, 3.8) is 0 Å². The number of carbonyl (C=O) groups excluding carboxylic acids is 1. The van der Waals surface area contributed by atoms with Gasteiger partial charge in [0.25, 0.3) is 0 Å². The summed E-state index contributed by atoms with van der Waals surface area (Å²) >= 11 is 0. The molecule has 9 heteroatoms. The molecule has 0 heterocycles. The van der Waals surface area contributed by atoms with Crippen molar-refractivity contribution in [1.29, 1.82) is 0 Å². The lowest BCUT2D eigenvalue weighted by molar-refractivity contribution is -0.342. The Morgan fingerprint density at radius 2 is 1.47 bits per heavy atom. The van der Waals surface area contributed by atoms with Gasteiger partial charge in [-0.15, -0.1) is 0 Å². The lowest BCUT2D eigenvalue weighted by atomic mass is 9.92. The minimum atomic E-state index is -7.00. The highest BCUT2D eigenvalue weighted by molar-refractivity contribution is 5.97. The standard InChI is InChI=1S/C10H11F7O2/c1-7(2,3)5(18)4-6(19)8(11,12)9(13,14)10(15,16)17/h4,18H,1-3H3/b5-4-/i1D3,2D3,3D3. The molecule has 0 atom stereocenters. The molecule has 0 aliphatic heterocycles. The average molecular weight is 305 g/mol. The second kappa shape index (κ2) is 4.68. The average Bonchev–Trinajstić information content (AvgIpc) is 2.31. The van der Waals surface area contributed by atoms with Crippen molar-refractivity contribution in [3.05, 3.63) is 11.8 Å². The zero-order valence-corrected chi connectivity index (χ0v) is 8.58. The van der Waals surface area contributed by atoms with E-state index in [9.17, 15) is 40.6 Å². The smallest absolute Gasteiger partial charge is 0.460 e. The first-order valence-electron chi connectivity index (χ1n) is 8.58. The van der Waals surface area contributed by atoms with E-state index < -0.39 is 61.6 Å². The van der Waals surface area contributed by atoms with Crippen molar-refractivity contribution in [3.8, 4) is 0 Å². The number of halogens is 7. The monoisotopic (exact) mass is 305 g/mol. The summed E-state index contributed by atoms with van der Waals surface area (Å²) in [7, 11) is 0. The third-order valence-electron chi connectivity index (χ3n) is 1.71. The van der Waals surface area contributed by atoms with Crippen LogP contribution in [0.4, 0.5) is 30.7 Å². The summed E-state index contributed by atoms with van der Waals surface area (Å²) < 4.78 is 152. The van der Waals surface area contributed by atoms with Crippen LogP contribution in [0.2, 0.25) is 0 Å². The molecule has 0 spiro atoms. The zero-order valence-electron chi connectivity index (χ0n) is 17.6. The molecule has 0 saturated heterocycles. The Morgan fingerprint density at radius 1 is 1.05 bits per heavy atom. The van der Waals surface area contributed by atoms with E-state index in [1.165, 1.54) is 0 Å². The van der Waals surface area contributed by atoms with Crippen molar-refractivity contribution in [2.45, 2.75) is 38.6 Å². The molecular weight excluding hydrogens is 285 g/mol. The molecule has 0 aliphatic carbocycles. The van der Waals surface area contributed by atoms with Crippen molar-refractivity contribution < 1.29 is 53.0 Å². The van der Waals surface area contributed by atoms with Gasteiger partial charge in [0.2, 0.25) is 5.78 Å². The van der Waals surface area contributed by atoms with Crippen LogP contribution in [0, 0.1) is 5.41 Å². The van der Waals surface area contributed by atoms with Gasteiger partial charge in [0, 0.05) is 23.8 Å². The summed E-state index contributed by atoms with van der Waals surface area (Å²) in [5.41, 5.74) is -4.44. The molecule has 19 heavy (non-hydrogen) atoms. The zero-order chi connectivity index (χ0) is 23.4. The molecule has 112 valence electrons. The number of aliphatic hydroxyl groups excluding tert-OH is 1. The van der Waals surface area contributed by atoms with E-state index >= 15 is 0 Å². The van der Waals surface area contributed by atoms with E-state index in [-0.39, 0.29) is 0 Å². The number of allylic oxidation sites excluding steroid dienone is 2. The number of hydrogen-bond acceptors (Lipinski definition) is 2. The lowest BCUT2D eigenvalue weighted by Crippen LogP contribution is -2.55. The van der Waals surface area contributed by atoms with E-state index in [1.54, 1.807) is 0 Å². The fourth-order valence-electron chi connectivity index (χ4n) is 0.656. The lowest BCUT2D eigenvalue weighted by Gasteiger charge is -2.26. The normalized spacial score (nSPS) is 24.6. The molecule has 0 radical (unpaired) electrons. The van der Waals surface area contributed by atoms with Crippen LogP contribution in [-0.4, -0.2) is 28.9 Å². The molecule has 0 aromatic rings. The van der Waals surface area contributed by atoms with E-state index in [0.717, 1.165) is 0 Å². The Bertz CT molecular complexity index is 608. The van der Waals surface area contributed by atoms with Crippen LogP contribution in [-0.2, 0) is 4.79 Å². The van der Waals surface area contributed by atoms with Crippen LogP contribution in [0.25, 0.3) is 0 Å². The van der Waals surface area contributed by atoms with E-state index in [0.29, 0.717) is 0 Å². The summed E-state index contributed by atoms with van der Waals surface area (Å²) in [5, 5.41) is 9.67. The predicted octanol–water partition coefficient (Wildman–Crippen LogP) is 3.88. The molecule has 0 bridgehead atoms. The highest BCUT2D eigenvalue weighted by Crippen LogP contribution is 2.47. The molecule has 1 N–H and O–H groups in total. The Labute approximate surface area is 116 Å². The SMILES string of the molecule is [2H]C([2H])([2H])C(/C(O)=C/C(=O)C(F)(F)C(F)(F)C(F)(F)F)(C([2H])([2H])[2H])C([2H])([2H])[2H]. The molecule has 0 fully saturated rings. The Hall–Kier alpha value is -1.28. The highest BCUT2D eigenvalue weighted by atomic mass is 19.4. The first-order valence-corrected chi connectivity index (χ1v) is 4.08. The van der Waals surface area contributed by atoms with Gasteiger partial charge in [0.15, 0.2) is 0 Å². The molecular formula is C10H11F7O2. The van der Waals surface area contributed by atoms with Crippen LogP contribution in [0.1, 0.15) is 32.9 Å². The van der Waals surface area contributed by atoms with Crippen LogP contribution in [0.3, 0.4) is 0 Å². The molecule has 0 rings (SSSR count). The summed E-state index contributed by atoms with van der Waals surface area (Å²) in [6.45, 7) is -12.8. The molecule has 0 aromatic heterocycles. The Morgan fingerprint density at radius 3 is 1.79 bits per heavy atom. The largest absolute Gasteiger partial charge is 0.512 e. The number of ketones is 1. The highest BCUT2D eigenvalue weighted by Gasteiger charge is 2.75. The Balaban J connectivity index is 6.81. The first-order chi connectivity index (χ1) is 11.8. The third-order valence-corrected chi connectivity index (χ3v) is 1.71. The molecule has 2 nitrogen and oxygen atoms in total. The van der Waals surface area contributed by atoms with Crippen molar-refractivity contribution in [2.24, 2.45) is 5.41 Å². The predicted molar refractivity (Wildman–Crippen MR) is 51.1 cm³/mol. The number of aliphatic hydroxyl groups is 1. The van der Waals surface area contributed by atoms with Gasteiger partial charge >= 0.3 is 18.0 Å². The second-order valence-corrected chi connectivity index (χ2v) is 3.29. The van der Waals surface area contributed by atoms with Crippen LogP contribution in [0.5, 0.6) is 0 Å². The van der Waals surface area contributed by atoms with Crippen LogP contribution >= 0.6 is 0 Å². The van der Waals surface area contributed by atoms with Crippen molar-refractivity contribution in [2.75, 3.05) is 0 Å².